The van der Waals surface area contributed by atoms with Crippen LogP contribution in [0.5, 0.6) is 0 Å². The second-order valence-electron chi connectivity index (χ2n) is 11.9. The molecule has 1 heterocycles. The molecule has 6 rings (SSSR count). The zero-order chi connectivity index (χ0) is 23.7. The summed E-state index contributed by atoms with van der Waals surface area (Å²) in [6, 6.07) is -0.131. The number of aliphatic hydroxyl groups is 4. The van der Waals surface area contributed by atoms with Gasteiger partial charge in [0.2, 0.25) is 0 Å². The molecule has 0 radical (unpaired) electrons. The van der Waals surface area contributed by atoms with Crippen molar-refractivity contribution >= 4 is 0 Å². The van der Waals surface area contributed by atoms with E-state index in [1.165, 1.54) is 7.11 Å². The molecule has 6 fully saturated rings. The van der Waals surface area contributed by atoms with Crippen LogP contribution in [0, 0.1) is 34.5 Å². The van der Waals surface area contributed by atoms with Crippen molar-refractivity contribution < 1.29 is 39.4 Å². The van der Waals surface area contributed by atoms with Crippen molar-refractivity contribution in [2.45, 2.75) is 67.0 Å². The molecule has 1 spiro atoms. The Bertz CT molecular complexity index is 830. The molecule has 0 aromatic rings. The van der Waals surface area contributed by atoms with Crippen LogP contribution < -0.4 is 0 Å². The second kappa shape index (κ2) is 6.89. The van der Waals surface area contributed by atoms with E-state index in [4.69, 9.17) is 18.9 Å². The molecule has 33 heavy (non-hydrogen) atoms. The molecule has 5 saturated carbocycles. The van der Waals surface area contributed by atoms with Crippen molar-refractivity contribution in [3.8, 4) is 0 Å². The van der Waals surface area contributed by atoms with Gasteiger partial charge in [-0.15, -0.1) is 0 Å². The zero-order valence-electron chi connectivity index (χ0n) is 20.2. The molecule has 188 valence electrons. The van der Waals surface area contributed by atoms with Gasteiger partial charge in [0.15, 0.2) is 0 Å². The van der Waals surface area contributed by atoms with Crippen molar-refractivity contribution in [3.05, 3.63) is 0 Å². The van der Waals surface area contributed by atoms with Gasteiger partial charge in [-0.1, -0.05) is 0 Å². The number of hydrogen-bond donors (Lipinski definition) is 4. The molecule has 14 atom stereocenters. The number of piperidine rings is 1. The van der Waals surface area contributed by atoms with Crippen LogP contribution in [-0.4, -0.2) is 122 Å². The lowest BCUT2D eigenvalue weighted by Gasteiger charge is -2.69. The highest BCUT2D eigenvalue weighted by molar-refractivity contribution is 5.39. The van der Waals surface area contributed by atoms with E-state index in [9.17, 15) is 20.4 Å². The molecule has 9 heteroatoms. The maximum Gasteiger partial charge on any atom is 0.120 e. The Morgan fingerprint density at radius 1 is 0.970 bits per heavy atom. The quantitative estimate of drug-likeness (QED) is 0.396. The van der Waals surface area contributed by atoms with E-state index < -0.39 is 46.8 Å². The third kappa shape index (κ3) is 2.15. The van der Waals surface area contributed by atoms with E-state index in [1.54, 1.807) is 21.3 Å². The minimum Gasteiger partial charge on any atom is -0.390 e. The largest absolute Gasteiger partial charge is 0.390 e. The average Bonchev–Trinajstić information content (AvgIpc) is 3.16. The molecule has 6 aliphatic rings. The smallest absolute Gasteiger partial charge is 0.120 e. The fourth-order valence-corrected chi connectivity index (χ4v) is 10.9. The first-order valence-electron chi connectivity index (χ1n) is 12.2. The van der Waals surface area contributed by atoms with Crippen LogP contribution in [0.3, 0.4) is 0 Å². The molecule has 7 bridgehead atoms. The molecule has 4 N–H and O–H groups in total. The van der Waals surface area contributed by atoms with Crippen LogP contribution in [0.15, 0.2) is 0 Å². The number of aliphatic hydroxyl groups excluding tert-OH is 2. The maximum atomic E-state index is 12.5. The molecule has 0 aromatic heterocycles. The monoisotopic (exact) mass is 469 g/mol. The standard InChI is InChI=1S/C24H39NO8/c1-25-9-21(10-30-2)7-6-12(31-3)23-11-8-22(28)18(26)13(11)24(29,19(27)20(22)33-5)14(17(23)25)15(32-4)16(21)23/h11-20,26-29H,6-10H2,1-5H3/t11-,12+,13-,14?,15+,16?,17?,18-,19+,20+,21-,22-,23?,24-/m1/s1. The molecule has 1 saturated heterocycles. The van der Waals surface area contributed by atoms with E-state index in [0.29, 0.717) is 6.61 Å². The van der Waals surface area contributed by atoms with Gasteiger partial charge in [-0.05, 0) is 32.2 Å². The van der Waals surface area contributed by atoms with E-state index >= 15 is 0 Å². The van der Waals surface area contributed by atoms with Crippen LogP contribution in [0.1, 0.15) is 19.3 Å². The fourth-order valence-electron chi connectivity index (χ4n) is 10.9. The Kier molecular flexibility index (Phi) is 4.82. The van der Waals surface area contributed by atoms with Crippen LogP contribution in [-0.2, 0) is 18.9 Å². The molecule has 5 aliphatic carbocycles. The van der Waals surface area contributed by atoms with Crippen LogP contribution in [0.4, 0.5) is 0 Å². The zero-order valence-corrected chi connectivity index (χ0v) is 20.2. The summed E-state index contributed by atoms with van der Waals surface area (Å²) in [5.74, 6) is -1.44. The predicted octanol–water partition coefficient (Wildman–Crippen LogP) is -1.15. The minimum absolute atomic E-state index is 0.00206. The number of nitrogens with zero attached hydrogens (tertiary/aromatic N) is 1. The molecule has 9 nitrogen and oxygen atoms in total. The summed E-state index contributed by atoms with van der Waals surface area (Å²) in [6.45, 7) is 1.36. The summed E-state index contributed by atoms with van der Waals surface area (Å²) >= 11 is 0. The van der Waals surface area contributed by atoms with Gasteiger partial charge in [-0.2, -0.15) is 0 Å². The second-order valence-corrected chi connectivity index (χ2v) is 11.9. The third-order valence-electron chi connectivity index (χ3n) is 11.3. The number of hydrogen-bond acceptors (Lipinski definition) is 9. The van der Waals surface area contributed by atoms with Gasteiger partial charge < -0.3 is 44.3 Å². The summed E-state index contributed by atoms with van der Waals surface area (Å²) in [4.78, 5) is 2.31. The van der Waals surface area contributed by atoms with Crippen molar-refractivity contribution in [2.24, 2.45) is 34.5 Å². The van der Waals surface area contributed by atoms with Gasteiger partial charge in [0, 0.05) is 69.6 Å². The molecular weight excluding hydrogens is 430 g/mol. The van der Waals surface area contributed by atoms with Gasteiger partial charge in [-0.3, -0.25) is 0 Å². The Morgan fingerprint density at radius 3 is 2.30 bits per heavy atom. The van der Waals surface area contributed by atoms with Crippen LogP contribution in [0.25, 0.3) is 0 Å². The highest BCUT2D eigenvalue weighted by Gasteiger charge is 2.89. The SMILES string of the molecule is COC[C@]12CC[C@H](OC)C34C(C([C@H](OC)C31)[C@]1(O)[C@@H]3[C@H]4C[C@@](O)([C@@H]3O)[C@@H](OC)[C@@H]1O)N(C)C2. The first-order chi connectivity index (χ1) is 15.6. The maximum absolute atomic E-state index is 12.5. The Morgan fingerprint density at radius 2 is 1.70 bits per heavy atom. The Labute approximate surface area is 194 Å². The lowest BCUT2D eigenvalue weighted by Crippen LogP contribution is -2.79. The summed E-state index contributed by atoms with van der Waals surface area (Å²) in [5, 5.41) is 47.3. The summed E-state index contributed by atoms with van der Waals surface area (Å²) in [7, 11) is 8.66. The number of fused-ring (bicyclic) bond motifs is 2. The summed E-state index contributed by atoms with van der Waals surface area (Å²) in [6.07, 6.45) is -2.14. The first-order valence-corrected chi connectivity index (χ1v) is 12.2. The van der Waals surface area contributed by atoms with Gasteiger partial charge in [0.1, 0.15) is 23.4 Å². The normalized spacial score (nSPS) is 63.2. The molecule has 0 amide bonds. The van der Waals surface area contributed by atoms with E-state index in [-0.39, 0.29) is 41.9 Å². The number of likely N-dealkylation sites (tertiary alicyclic amines) is 1. The molecule has 0 aromatic carbocycles. The van der Waals surface area contributed by atoms with Gasteiger partial charge >= 0.3 is 0 Å². The average molecular weight is 470 g/mol. The van der Waals surface area contributed by atoms with Crippen molar-refractivity contribution in [1.82, 2.24) is 4.90 Å². The third-order valence-corrected chi connectivity index (χ3v) is 11.3. The fraction of sp³-hybridized carbons (Fsp3) is 1.00. The lowest BCUT2D eigenvalue weighted by atomic mass is 9.43. The van der Waals surface area contributed by atoms with E-state index in [1.807, 2.05) is 0 Å². The topological polar surface area (TPSA) is 121 Å². The van der Waals surface area contributed by atoms with E-state index in [2.05, 4.69) is 11.9 Å². The highest BCUT2D eigenvalue weighted by atomic mass is 16.5. The van der Waals surface area contributed by atoms with E-state index in [0.717, 1.165) is 19.4 Å². The van der Waals surface area contributed by atoms with Crippen LogP contribution >= 0.6 is 0 Å². The van der Waals surface area contributed by atoms with Gasteiger partial charge in [-0.25, -0.2) is 0 Å². The highest BCUT2D eigenvalue weighted by Crippen LogP contribution is 2.79. The summed E-state index contributed by atoms with van der Waals surface area (Å²) < 4.78 is 23.9. The van der Waals surface area contributed by atoms with Gasteiger partial charge in [0.25, 0.3) is 0 Å². The lowest BCUT2D eigenvalue weighted by molar-refractivity contribution is -0.314. The predicted molar refractivity (Wildman–Crippen MR) is 115 cm³/mol. The van der Waals surface area contributed by atoms with Crippen molar-refractivity contribution in [2.75, 3.05) is 48.6 Å². The van der Waals surface area contributed by atoms with Crippen molar-refractivity contribution in [3.63, 3.8) is 0 Å². The molecule has 1 aliphatic heterocycles. The Balaban J connectivity index is 1.66. The number of rotatable bonds is 5. The number of methoxy groups -OCH3 is 4. The minimum atomic E-state index is -1.67. The number of ether oxygens (including phenoxy) is 4. The van der Waals surface area contributed by atoms with Gasteiger partial charge in [0.05, 0.1) is 24.9 Å². The Hall–Kier alpha value is -0.360. The first kappa shape index (κ1) is 23.1. The van der Waals surface area contributed by atoms with Crippen molar-refractivity contribution in [1.29, 1.82) is 0 Å². The molecular formula is C24H39NO8. The summed E-state index contributed by atoms with van der Waals surface area (Å²) in [5.41, 5.74) is -3.98. The molecule has 4 unspecified atom stereocenters. The van der Waals surface area contributed by atoms with Crippen LogP contribution in [0.2, 0.25) is 0 Å².